The molecule has 0 saturated heterocycles. The standard InChI is InChI=1S/C48H31NO/c1-2-9-32(10-3-1)36-11-8-12-37(29-36)39-23-27-46-43(30-39)41-13-4-6-15-45(41)49(46)40-25-21-34(22-26-40)33-17-19-35(20-18-33)38-24-28-48-44(31-38)42-14-5-7-16-47(42)50-48/h1-31H. The average molecular weight is 638 g/mol. The molecule has 0 aliphatic heterocycles. The van der Waals surface area contributed by atoms with Crippen LogP contribution in [0.25, 0.3) is 93.9 Å². The van der Waals surface area contributed by atoms with Gasteiger partial charge in [0, 0.05) is 27.2 Å². The Morgan fingerprint density at radius 3 is 1.56 bits per heavy atom. The molecule has 0 aliphatic carbocycles. The number of fused-ring (bicyclic) bond motifs is 6. The minimum absolute atomic E-state index is 0.920. The molecule has 2 heterocycles. The van der Waals surface area contributed by atoms with Crippen LogP contribution < -0.4 is 0 Å². The third-order valence-corrected chi connectivity index (χ3v) is 10.0. The number of rotatable bonds is 5. The summed E-state index contributed by atoms with van der Waals surface area (Å²) in [6, 6.07) is 67.5. The van der Waals surface area contributed by atoms with Gasteiger partial charge in [0.25, 0.3) is 0 Å². The summed E-state index contributed by atoms with van der Waals surface area (Å²) in [5, 5.41) is 4.81. The van der Waals surface area contributed by atoms with Crippen molar-refractivity contribution in [3.8, 4) is 50.2 Å². The molecule has 0 bridgehead atoms. The molecular weight excluding hydrogens is 607 g/mol. The average Bonchev–Trinajstić information content (AvgIpc) is 3.73. The monoisotopic (exact) mass is 637 g/mol. The summed E-state index contributed by atoms with van der Waals surface area (Å²) in [5.41, 5.74) is 15.1. The molecule has 0 atom stereocenters. The van der Waals surface area contributed by atoms with Crippen molar-refractivity contribution in [1.82, 2.24) is 4.57 Å². The van der Waals surface area contributed by atoms with Gasteiger partial charge in [0.05, 0.1) is 11.0 Å². The zero-order chi connectivity index (χ0) is 33.0. The highest BCUT2D eigenvalue weighted by atomic mass is 16.3. The molecule has 8 aromatic carbocycles. The predicted molar refractivity (Wildman–Crippen MR) is 210 cm³/mol. The Morgan fingerprint density at radius 2 is 0.760 bits per heavy atom. The molecule has 50 heavy (non-hydrogen) atoms. The highest BCUT2D eigenvalue weighted by molar-refractivity contribution is 6.10. The summed E-state index contributed by atoms with van der Waals surface area (Å²) < 4.78 is 8.43. The van der Waals surface area contributed by atoms with Crippen LogP contribution in [0, 0.1) is 0 Å². The van der Waals surface area contributed by atoms with Crippen LogP contribution in [0.1, 0.15) is 0 Å². The van der Waals surface area contributed by atoms with Crippen molar-refractivity contribution in [2.45, 2.75) is 0 Å². The molecule has 10 rings (SSSR count). The third kappa shape index (κ3) is 4.73. The number of aromatic nitrogens is 1. The molecule has 0 N–H and O–H groups in total. The van der Waals surface area contributed by atoms with Gasteiger partial charge in [0.1, 0.15) is 11.2 Å². The maximum absolute atomic E-state index is 6.04. The molecule has 234 valence electrons. The lowest BCUT2D eigenvalue weighted by molar-refractivity contribution is 0.669. The van der Waals surface area contributed by atoms with Crippen LogP contribution in [0.4, 0.5) is 0 Å². The Hall–Kier alpha value is -6.64. The Bertz CT molecular complexity index is 2840. The minimum atomic E-state index is 0.920. The van der Waals surface area contributed by atoms with Crippen LogP contribution in [0.15, 0.2) is 192 Å². The highest BCUT2D eigenvalue weighted by Gasteiger charge is 2.14. The normalized spacial score (nSPS) is 11.6. The highest BCUT2D eigenvalue weighted by Crippen LogP contribution is 2.37. The van der Waals surface area contributed by atoms with Crippen LogP contribution >= 0.6 is 0 Å². The van der Waals surface area contributed by atoms with Gasteiger partial charge in [-0.15, -0.1) is 0 Å². The molecule has 2 heteroatoms. The van der Waals surface area contributed by atoms with E-state index in [1.54, 1.807) is 0 Å². The van der Waals surface area contributed by atoms with E-state index in [9.17, 15) is 0 Å². The van der Waals surface area contributed by atoms with Crippen molar-refractivity contribution >= 4 is 43.7 Å². The van der Waals surface area contributed by atoms with Gasteiger partial charge in [0.2, 0.25) is 0 Å². The van der Waals surface area contributed by atoms with Crippen LogP contribution in [0.3, 0.4) is 0 Å². The second-order valence-electron chi connectivity index (χ2n) is 13.0. The van der Waals surface area contributed by atoms with E-state index in [-0.39, 0.29) is 0 Å². The van der Waals surface area contributed by atoms with E-state index < -0.39 is 0 Å². The number of benzene rings is 8. The van der Waals surface area contributed by atoms with Crippen molar-refractivity contribution in [1.29, 1.82) is 0 Å². The molecule has 0 fully saturated rings. The minimum Gasteiger partial charge on any atom is -0.456 e. The first-order valence-electron chi connectivity index (χ1n) is 17.1. The molecular formula is C48H31NO. The number of hydrogen-bond donors (Lipinski definition) is 0. The zero-order valence-electron chi connectivity index (χ0n) is 27.3. The second kappa shape index (κ2) is 11.5. The Morgan fingerprint density at radius 1 is 0.280 bits per heavy atom. The van der Waals surface area contributed by atoms with Gasteiger partial charge >= 0.3 is 0 Å². The number of para-hydroxylation sites is 2. The van der Waals surface area contributed by atoms with Crippen molar-refractivity contribution in [2.24, 2.45) is 0 Å². The van der Waals surface area contributed by atoms with E-state index in [1.165, 1.54) is 66.3 Å². The Kier molecular flexibility index (Phi) is 6.53. The van der Waals surface area contributed by atoms with Gasteiger partial charge in [-0.05, 0) is 99.1 Å². The smallest absolute Gasteiger partial charge is 0.135 e. The van der Waals surface area contributed by atoms with Crippen LogP contribution in [0.2, 0.25) is 0 Å². The molecule has 0 amide bonds. The summed E-state index contributed by atoms with van der Waals surface area (Å²) in [5.74, 6) is 0. The lowest BCUT2D eigenvalue weighted by Crippen LogP contribution is -1.93. The van der Waals surface area contributed by atoms with Crippen LogP contribution in [-0.4, -0.2) is 4.57 Å². The van der Waals surface area contributed by atoms with E-state index in [0.29, 0.717) is 0 Å². The van der Waals surface area contributed by atoms with E-state index in [1.807, 2.05) is 12.1 Å². The topological polar surface area (TPSA) is 18.1 Å². The number of hydrogen-bond acceptors (Lipinski definition) is 1. The van der Waals surface area contributed by atoms with Crippen LogP contribution in [0.5, 0.6) is 0 Å². The van der Waals surface area contributed by atoms with Gasteiger partial charge in [0.15, 0.2) is 0 Å². The number of nitrogens with zero attached hydrogens (tertiary/aromatic N) is 1. The summed E-state index contributed by atoms with van der Waals surface area (Å²) in [4.78, 5) is 0. The first-order chi connectivity index (χ1) is 24.8. The maximum Gasteiger partial charge on any atom is 0.135 e. The quantitative estimate of drug-likeness (QED) is 0.184. The molecule has 0 saturated carbocycles. The molecule has 0 aliphatic rings. The van der Waals surface area contributed by atoms with Gasteiger partial charge in [-0.25, -0.2) is 0 Å². The van der Waals surface area contributed by atoms with Crippen molar-refractivity contribution in [3.63, 3.8) is 0 Å². The zero-order valence-corrected chi connectivity index (χ0v) is 27.3. The van der Waals surface area contributed by atoms with E-state index in [2.05, 4.69) is 180 Å². The van der Waals surface area contributed by atoms with Crippen molar-refractivity contribution in [2.75, 3.05) is 0 Å². The Labute approximate surface area is 290 Å². The van der Waals surface area contributed by atoms with Crippen LogP contribution in [-0.2, 0) is 0 Å². The molecule has 0 spiro atoms. The Balaban J connectivity index is 0.980. The fourth-order valence-electron chi connectivity index (χ4n) is 7.50. The number of furan rings is 1. The summed E-state index contributed by atoms with van der Waals surface area (Å²) in [6.45, 7) is 0. The lowest BCUT2D eigenvalue weighted by atomic mass is 9.98. The summed E-state index contributed by atoms with van der Waals surface area (Å²) in [7, 11) is 0. The van der Waals surface area contributed by atoms with Gasteiger partial charge < -0.3 is 8.98 Å². The molecule has 2 nitrogen and oxygen atoms in total. The van der Waals surface area contributed by atoms with E-state index in [0.717, 1.165) is 27.6 Å². The van der Waals surface area contributed by atoms with Gasteiger partial charge in [-0.1, -0.05) is 133 Å². The van der Waals surface area contributed by atoms with Gasteiger partial charge in [-0.2, -0.15) is 0 Å². The first kappa shape index (κ1) is 28.4. The molecule has 0 unspecified atom stereocenters. The fraction of sp³-hybridized carbons (Fsp3) is 0. The fourth-order valence-corrected chi connectivity index (χ4v) is 7.50. The molecule has 2 aromatic heterocycles. The van der Waals surface area contributed by atoms with Crippen molar-refractivity contribution < 1.29 is 4.42 Å². The molecule has 0 radical (unpaired) electrons. The van der Waals surface area contributed by atoms with E-state index in [4.69, 9.17) is 4.42 Å². The van der Waals surface area contributed by atoms with Gasteiger partial charge in [-0.3, -0.25) is 0 Å². The van der Waals surface area contributed by atoms with Crippen molar-refractivity contribution in [3.05, 3.63) is 188 Å². The third-order valence-electron chi connectivity index (χ3n) is 10.0. The lowest BCUT2D eigenvalue weighted by Gasteiger charge is -2.11. The maximum atomic E-state index is 6.04. The largest absolute Gasteiger partial charge is 0.456 e. The summed E-state index contributed by atoms with van der Waals surface area (Å²) in [6.07, 6.45) is 0. The summed E-state index contributed by atoms with van der Waals surface area (Å²) >= 11 is 0. The predicted octanol–water partition coefficient (Wildman–Crippen LogP) is 13.4. The SMILES string of the molecule is c1ccc(-c2cccc(-c3ccc4c(c3)c3ccccc3n4-c3ccc(-c4ccc(-c5ccc6oc7ccccc7c6c5)cc4)cc3)c2)cc1. The first-order valence-corrected chi connectivity index (χ1v) is 17.1. The second-order valence-corrected chi connectivity index (χ2v) is 13.0. The van der Waals surface area contributed by atoms with E-state index >= 15 is 0 Å². The molecule has 10 aromatic rings.